The van der Waals surface area contributed by atoms with Gasteiger partial charge in [0.1, 0.15) is 0 Å². The molecule has 9 heteroatoms. The van der Waals surface area contributed by atoms with Crippen LogP contribution in [-0.2, 0) is 7.05 Å². The first-order valence-electron chi connectivity index (χ1n) is 7.95. The van der Waals surface area contributed by atoms with Gasteiger partial charge in [-0.1, -0.05) is 0 Å². The van der Waals surface area contributed by atoms with E-state index in [1.807, 2.05) is 0 Å². The second kappa shape index (κ2) is 7.56. The molecule has 1 aromatic carbocycles. The summed E-state index contributed by atoms with van der Waals surface area (Å²) in [5.74, 6) is -0.0435. The van der Waals surface area contributed by atoms with E-state index in [0.29, 0.717) is 11.3 Å². The van der Waals surface area contributed by atoms with Crippen molar-refractivity contribution in [2.45, 2.75) is 0 Å². The molecule has 0 fully saturated rings. The first-order valence-corrected chi connectivity index (χ1v) is 7.95. The van der Waals surface area contributed by atoms with Crippen molar-refractivity contribution in [1.82, 2.24) is 14.5 Å². The van der Waals surface area contributed by atoms with E-state index in [2.05, 4.69) is 15.3 Å². The highest BCUT2D eigenvalue weighted by atomic mass is 16.6. The number of nitrogens with one attached hydrogen (secondary N) is 1. The fourth-order valence-electron chi connectivity index (χ4n) is 2.40. The Balaban J connectivity index is 1.79. The minimum Gasteiger partial charge on any atom is -0.348 e. The van der Waals surface area contributed by atoms with Gasteiger partial charge >= 0.3 is 0 Å². The van der Waals surface area contributed by atoms with Crippen LogP contribution in [0, 0.1) is 10.1 Å². The van der Waals surface area contributed by atoms with Crippen LogP contribution >= 0.6 is 0 Å². The molecular weight excluding hydrogens is 350 g/mol. The average molecular weight is 365 g/mol. The summed E-state index contributed by atoms with van der Waals surface area (Å²) in [6.07, 6.45) is 3.19. The van der Waals surface area contributed by atoms with E-state index >= 15 is 0 Å². The fraction of sp³-hybridized carbons (Fsp3) is 0.111. The Labute approximate surface area is 153 Å². The van der Waals surface area contributed by atoms with Crippen molar-refractivity contribution in [1.29, 1.82) is 0 Å². The van der Waals surface area contributed by atoms with Crippen LogP contribution in [-0.4, -0.2) is 31.8 Å². The lowest BCUT2D eigenvalue weighted by molar-refractivity contribution is -0.384. The zero-order valence-electron chi connectivity index (χ0n) is 14.3. The van der Waals surface area contributed by atoms with E-state index in [1.165, 1.54) is 34.9 Å². The maximum absolute atomic E-state index is 12.3. The number of ketones is 1. The van der Waals surface area contributed by atoms with Crippen molar-refractivity contribution in [2.75, 3.05) is 11.9 Å². The number of aromatic nitrogens is 3. The Kier molecular flexibility index (Phi) is 5.02. The molecule has 0 saturated carbocycles. The lowest BCUT2D eigenvalue weighted by atomic mass is 10.1. The van der Waals surface area contributed by atoms with Crippen LogP contribution in [0.3, 0.4) is 0 Å². The van der Waals surface area contributed by atoms with Crippen LogP contribution in [0.2, 0.25) is 0 Å². The van der Waals surface area contributed by atoms with Gasteiger partial charge in [0.05, 0.1) is 17.2 Å². The van der Waals surface area contributed by atoms with E-state index in [9.17, 15) is 19.7 Å². The molecule has 136 valence electrons. The third-order valence-electron chi connectivity index (χ3n) is 3.92. The zero-order valence-corrected chi connectivity index (χ0v) is 14.3. The molecule has 2 aromatic heterocycles. The number of nitrogens with zero attached hydrogens (tertiary/aromatic N) is 4. The Hall–Kier alpha value is -3.88. The summed E-state index contributed by atoms with van der Waals surface area (Å²) in [7, 11) is 1.55. The van der Waals surface area contributed by atoms with Crippen molar-refractivity contribution in [2.24, 2.45) is 7.05 Å². The summed E-state index contributed by atoms with van der Waals surface area (Å²) in [5.41, 5.74) is 1.15. The Morgan fingerprint density at radius 3 is 2.48 bits per heavy atom. The number of nitro benzene ring substituents is 1. The molecule has 0 aliphatic carbocycles. The van der Waals surface area contributed by atoms with Crippen LogP contribution in [0.5, 0.6) is 0 Å². The molecule has 3 aromatic rings. The largest absolute Gasteiger partial charge is 0.348 e. The maximum Gasteiger partial charge on any atom is 0.269 e. The van der Waals surface area contributed by atoms with Gasteiger partial charge in [0.25, 0.3) is 11.2 Å². The van der Waals surface area contributed by atoms with Gasteiger partial charge in [-0.3, -0.25) is 29.3 Å². The van der Waals surface area contributed by atoms with E-state index < -0.39 is 4.92 Å². The highest BCUT2D eigenvalue weighted by molar-refractivity contribution is 5.99. The van der Waals surface area contributed by atoms with Gasteiger partial charge in [0.15, 0.2) is 5.78 Å². The number of Topliss-reactive ketones (excluding diaryl/α,β-unsaturated/α-hetero) is 1. The number of anilines is 1. The molecule has 0 radical (unpaired) electrons. The number of benzene rings is 1. The molecule has 0 atom stereocenters. The molecule has 0 saturated heterocycles. The molecule has 3 rings (SSSR count). The molecular formula is C18H15N5O4. The number of hydrogen-bond donors (Lipinski definition) is 1. The molecule has 0 spiro atoms. The number of carbonyl (C=O) groups is 1. The summed E-state index contributed by atoms with van der Waals surface area (Å²) in [6, 6.07) is 10.2. The first-order chi connectivity index (χ1) is 13.0. The van der Waals surface area contributed by atoms with E-state index in [1.54, 1.807) is 31.6 Å². The second-order valence-corrected chi connectivity index (χ2v) is 5.68. The van der Waals surface area contributed by atoms with Crippen molar-refractivity contribution >= 4 is 17.4 Å². The lowest BCUT2D eigenvalue weighted by Crippen LogP contribution is -2.24. The minimum atomic E-state index is -0.531. The highest BCUT2D eigenvalue weighted by Gasteiger charge is 2.12. The number of nitro groups is 1. The van der Waals surface area contributed by atoms with E-state index in [0.717, 1.165) is 5.56 Å². The second-order valence-electron chi connectivity index (χ2n) is 5.68. The molecule has 0 unspecified atom stereocenters. The number of rotatable bonds is 6. The summed E-state index contributed by atoms with van der Waals surface area (Å²) in [6.45, 7) is -0.113. The molecule has 0 amide bonds. The number of hydrogen-bond acceptors (Lipinski definition) is 7. The van der Waals surface area contributed by atoms with Crippen molar-refractivity contribution in [3.8, 4) is 11.3 Å². The van der Waals surface area contributed by atoms with Gasteiger partial charge in [-0.15, -0.1) is 0 Å². The summed E-state index contributed by atoms with van der Waals surface area (Å²) < 4.78 is 1.30. The summed E-state index contributed by atoms with van der Waals surface area (Å²) >= 11 is 0. The third-order valence-corrected chi connectivity index (χ3v) is 3.92. The normalized spacial score (nSPS) is 10.4. The number of pyridine rings is 1. The molecule has 0 aliphatic rings. The van der Waals surface area contributed by atoms with Crippen LogP contribution in [0.4, 0.5) is 11.6 Å². The van der Waals surface area contributed by atoms with Crippen molar-refractivity contribution in [3.05, 3.63) is 80.9 Å². The molecule has 27 heavy (non-hydrogen) atoms. The van der Waals surface area contributed by atoms with Crippen LogP contribution in [0.15, 0.2) is 59.7 Å². The molecule has 0 bridgehead atoms. The standard InChI is InChI=1S/C18H15N5O4/c1-22-17(25)10-15(12-6-8-19-9-7-12)21-18(22)20-11-16(24)13-2-4-14(5-3-13)23(26)27/h2-10H,11H2,1H3,(H,20,21). The smallest absolute Gasteiger partial charge is 0.269 e. The molecule has 9 nitrogen and oxygen atoms in total. The predicted molar refractivity (Wildman–Crippen MR) is 98.6 cm³/mol. The van der Waals surface area contributed by atoms with Gasteiger partial charge in [0, 0.05) is 48.8 Å². The summed E-state index contributed by atoms with van der Waals surface area (Å²) in [5, 5.41) is 13.5. The highest BCUT2D eigenvalue weighted by Crippen LogP contribution is 2.16. The van der Waals surface area contributed by atoms with E-state index in [-0.39, 0.29) is 29.5 Å². The Morgan fingerprint density at radius 2 is 1.85 bits per heavy atom. The lowest BCUT2D eigenvalue weighted by Gasteiger charge is -2.11. The van der Waals surface area contributed by atoms with Crippen LogP contribution in [0.1, 0.15) is 10.4 Å². The van der Waals surface area contributed by atoms with Crippen molar-refractivity contribution in [3.63, 3.8) is 0 Å². The van der Waals surface area contributed by atoms with E-state index in [4.69, 9.17) is 0 Å². The summed E-state index contributed by atoms with van der Waals surface area (Å²) in [4.78, 5) is 42.9. The monoisotopic (exact) mass is 365 g/mol. The first kappa shape index (κ1) is 17.9. The van der Waals surface area contributed by atoms with Gasteiger partial charge < -0.3 is 5.32 Å². The third kappa shape index (κ3) is 4.03. The Bertz CT molecular complexity index is 1050. The minimum absolute atomic E-state index is 0.0892. The Morgan fingerprint density at radius 1 is 1.19 bits per heavy atom. The maximum atomic E-state index is 12.3. The quantitative estimate of drug-likeness (QED) is 0.403. The fourth-order valence-corrected chi connectivity index (χ4v) is 2.40. The average Bonchev–Trinajstić information content (AvgIpc) is 2.69. The van der Waals surface area contributed by atoms with Gasteiger partial charge in [-0.25, -0.2) is 4.98 Å². The SMILES string of the molecule is Cn1c(NCC(=O)c2ccc([N+](=O)[O-])cc2)nc(-c2ccncc2)cc1=O. The predicted octanol–water partition coefficient (Wildman–Crippen LogP) is 2.05. The molecule has 0 aliphatic heterocycles. The zero-order chi connectivity index (χ0) is 19.4. The van der Waals surface area contributed by atoms with Crippen LogP contribution in [0.25, 0.3) is 11.3 Å². The number of non-ortho nitro benzene ring substituents is 1. The number of carbonyl (C=O) groups excluding carboxylic acids is 1. The van der Waals surface area contributed by atoms with Gasteiger partial charge in [-0.05, 0) is 24.3 Å². The molecule has 1 N–H and O–H groups in total. The van der Waals surface area contributed by atoms with Crippen LogP contribution < -0.4 is 10.9 Å². The molecule has 2 heterocycles. The van der Waals surface area contributed by atoms with Crippen molar-refractivity contribution < 1.29 is 9.72 Å². The van der Waals surface area contributed by atoms with Gasteiger partial charge in [0.2, 0.25) is 5.95 Å². The topological polar surface area (TPSA) is 120 Å². The van der Waals surface area contributed by atoms with Gasteiger partial charge in [-0.2, -0.15) is 0 Å².